The van der Waals surface area contributed by atoms with Crippen LogP contribution in [0.3, 0.4) is 0 Å². The van der Waals surface area contributed by atoms with E-state index in [1.165, 1.54) is 5.56 Å². The average Bonchev–Trinajstić information content (AvgIpc) is 3.26. The van der Waals surface area contributed by atoms with Crippen LogP contribution in [0.2, 0.25) is 0 Å². The molecule has 124 valence electrons. The minimum Gasteiger partial charge on any atom is -0.367 e. The molecule has 1 fully saturated rings. The van der Waals surface area contributed by atoms with Gasteiger partial charge in [0.2, 0.25) is 0 Å². The average molecular weight is 342 g/mol. The van der Waals surface area contributed by atoms with Crippen LogP contribution >= 0.6 is 11.3 Å². The molecule has 0 amide bonds. The van der Waals surface area contributed by atoms with Crippen LogP contribution in [0.25, 0.3) is 11.5 Å². The first kappa shape index (κ1) is 15.3. The SMILES string of the molecule is Cc1noc(-c2ccnc(N3CC(C)OC(c4ccsc4)C3)c2)n1. The van der Waals surface area contributed by atoms with Gasteiger partial charge in [0.1, 0.15) is 11.9 Å². The van der Waals surface area contributed by atoms with Gasteiger partial charge >= 0.3 is 0 Å². The van der Waals surface area contributed by atoms with Gasteiger partial charge in [0, 0.05) is 24.8 Å². The van der Waals surface area contributed by atoms with E-state index >= 15 is 0 Å². The van der Waals surface area contributed by atoms with Crippen LogP contribution in [0, 0.1) is 6.92 Å². The Morgan fingerprint density at radius 1 is 1.29 bits per heavy atom. The lowest BCUT2D eigenvalue weighted by molar-refractivity contribution is -0.0173. The standard InChI is InChI=1S/C17H18N4O2S/c1-11-8-21(9-15(22-11)14-4-6-24-10-14)16-7-13(3-5-18-16)17-19-12(2)20-23-17/h3-7,10-11,15H,8-9H2,1-2H3. The lowest BCUT2D eigenvalue weighted by atomic mass is 10.1. The number of hydrogen-bond donors (Lipinski definition) is 0. The number of ether oxygens (including phenoxy) is 1. The second-order valence-electron chi connectivity index (χ2n) is 5.95. The quantitative estimate of drug-likeness (QED) is 0.726. The lowest BCUT2D eigenvalue weighted by Crippen LogP contribution is -2.43. The highest BCUT2D eigenvalue weighted by Gasteiger charge is 2.27. The molecule has 1 aliphatic rings. The van der Waals surface area contributed by atoms with E-state index < -0.39 is 0 Å². The molecule has 4 heterocycles. The molecule has 0 saturated carbocycles. The number of rotatable bonds is 3. The Morgan fingerprint density at radius 2 is 2.21 bits per heavy atom. The number of nitrogens with zero attached hydrogens (tertiary/aromatic N) is 4. The van der Waals surface area contributed by atoms with E-state index in [2.05, 4.69) is 43.8 Å². The summed E-state index contributed by atoms with van der Waals surface area (Å²) in [6.07, 6.45) is 1.99. The van der Waals surface area contributed by atoms with Gasteiger partial charge in [0.15, 0.2) is 5.82 Å². The maximum Gasteiger partial charge on any atom is 0.258 e. The van der Waals surface area contributed by atoms with Gasteiger partial charge in [-0.3, -0.25) is 0 Å². The number of anilines is 1. The predicted molar refractivity (Wildman–Crippen MR) is 92.1 cm³/mol. The van der Waals surface area contributed by atoms with E-state index in [-0.39, 0.29) is 12.2 Å². The van der Waals surface area contributed by atoms with Gasteiger partial charge in [0.05, 0.1) is 6.10 Å². The van der Waals surface area contributed by atoms with E-state index in [9.17, 15) is 0 Å². The smallest absolute Gasteiger partial charge is 0.258 e. The normalized spacial score (nSPS) is 21.2. The number of thiophene rings is 1. The molecule has 1 saturated heterocycles. The van der Waals surface area contributed by atoms with Crippen LogP contribution in [0.4, 0.5) is 5.82 Å². The van der Waals surface area contributed by atoms with Crippen LogP contribution in [0.15, 0.2) is 39.7 Å². The molecule has 0 bridgehead atoms. The van der Waals surface area contributed by atoms with Crippen LogP contribution in [-0.4, -0.2) is 34.3 Å². The second kappa shape index (κ2) is 6.33. The van der Waals surface area contributed by atoms with Crippen molar-refractivity contribution in [1.29, 1.82) is 0 Å². The summed E-state index contributed by atoms with van der Waals surface area (Å²) < 4.78 is 11.4. The van der Waals surface area contributed by atoms with E-state index in [0.717, 1.165) is 24.5 Å². The van der Waals surface area contributed by atoms with E-state index in [4.69, 9.17) is 9.26 Å². The van der Waals surface area contributed by atoms with Crippen molar-refractivity contribution in [3.8, 4) is 11.5 Å². The minimum atomic E-state index is 0.0658. The molecule has 0 N–H and O–H groups in total. The van der Waals surface area contributed by atoms with Gasteiger partial charge in [-0.2, -0.15) is 16.3 Å². The van der Waals surface area contributed by atoms with Gasteiger partial charge in [0.25, 0.3) is 5.89 Å². The Balaban J connectivity index is 1.60. The fraction of sp³-hybridized carbons (Fsp3) is 0.353. The first-order valence-corrected chi connectivity index (χ1v) is 8.82. The first-order chi connectivity index (χ1) is 11.7. The fourth-order valence-electron chi connectivity index (χ4n) is 2.92. The molecule has 0 radical (unpaired) electrons. The number of morpholine rings is 1. The molecule has 1 aliphatic heterocycles. The van der Waals surface area contributed by atoms with E-state index in [1.807, 2.05) is 19.1 Å². The van der Waals surface area contributed by atoms with Gasteiger partial charge in [-0.25, -0.2) is 4.98 Å². The highest BCUT2D eigenvalue weighted by atomic mass is 32.1. The summed E-state index contributed by atoms with van der Waals surface area (Å²) in [5, 5.41) is 8.08. The van der Waals surface area contributed by atoms with Gasteiger partial charge in [-0.15, -0.1) is 0 Å². The van der Waals surface area contributed by atoms with Crippen molar-refractivity contribution in [2.75, 3.05) is 18.0 Å². The Bertz CT molecular complexity index is 818. The molecular formula is C17H18N4O2S. The minimum absolute atomic E-state index is 0.0658. The molecule has 3 aromatic heterocycles. The second-order valence-corrected chi connectivity index (χ2v) is 6.73. The Morgan fingerprint density at radius 3 is 2.96 bits per heavy atom. The molecular weight excluding hydrogens is 324 g/mol. The summed E-state index contributed by atoms with van der Waals surface area (Å²) in [7, 11) is 0. The zero-order valence-corrected chi connectivity index (χ0v) is 14.4. The summed E-state index contributed by atoms with van der Waals surface area (Å²) in [5.41, 5.74) is 2.10. The molecule has 4 rings (SSSR count). The molecule has 2 unspecified atom stereocenters. The van der Waals surface area contributed by atoms with Gasteiger partial charge in [-0.05, 0) is 48.4 Å². The van der Waals surface area contributed by atoms with Crippen molar-refractivity contribution in [2.24, 2.45) is 0 Å². The number of aryl methyl sites for hydroxylation is 1. The van der Waals surface area contributed by atoms with Gasteiger partial charge in [-0.1, -0.05) is 5.16 Å². The largest absolute Gasteiger partial charge is 0.367 e. The number of pyridine rings is 1. The maximum absolute atomic E-state index is 6.10. The highest BCUT2D eigenvalue weighted by molar-refractivity contribution is 7.07. The Kier molecular flexibility index (Phi) is 4.03. The molecule has 0 aromatic carbocycles. The van der Waals surface area contributed by atoms with E-state index in [0.29, 0.717) is 11.7 Å². The topological polar surface area (TPSA) is 64.3 Å². The predicted octanol–water partition coefficient (Wildman–Crippen LogP) is 3.47. The monoisotopic (exact) mass is 342 g/mol. The maximum atomic E-state index is 6.10. The van der Waals surface area contributed by atoms with Crippen LogP contribution < -0.4 is 4.90 Å². The van der Waals surface area contributed by atoms with Crippen LogP contribution in [0.5, 0.6) is 0 Å². The summed E-state index contributed by atoms with van der Waals surface area (Å²) >= 11 is 1.69. The van der Waals surface area contributed by atoms with Crippen molar-refractivity contribution in [3.05, 3.63) is 46.5 Å². The third-order valence-electron chi connectivity index (χ3n) is 4.02. The third kappa shape index (κ3) is 3.05. The van der Waals surface area contributed by atoms with Crippen molar-refractivity contribution < 1.29 is 9.26 Å². The Labute approximate surface area is 144 Å². The Hall–Kier alpha value is -2.25. The molecule has 2 atom stereocenters. The highest BCUT2D eigenvalue weighted by Crippen LogP contribution is 2.30. The summed E-state index contributed by atoms with van der Waals surface area (Å²) in [5.74, 6) is 2.05. The van der Waals surface area contributed by atoms with Crippen LogP contribution in [-0.2, 0) is 4.74 Å². The third-order valence-corrected chi connectivity index (χ3v) is 4.72. The molecule has 6 nitrogen and oxygen atoms in total. The lowest BCUT2D eigenvalue weighted by Gasteiger charge is -2.37. The molecule has 0 aliphatic carbocycles. The summed E-state index contributed by atoms with van der Waals surface area (Å²) in [6.45, 7) is 5.49. The molecule has 3 aromatic rings. The zero-order chi connectivity index (χ0) is 16.5. The van der Waals surface area contributed by atoms with Crippen molar-refractivity contribution >= 4 is 17.2 Å². The van der Waals surface area contributed by atoms with Crippen molar-refractivity contribution in [1.82, 2.24) is 15.1 Å². The van der Waals surface area contributed by atoms with Crippen molar-refractivity contribution in [3.63, 3.8) is 0 Å². The fourth-order valence-corrected chi connectivity index (χ4v) is 3.62. The molecule has 7 heteroatoms. The van der Waals surface area contributed by atoms with Gasteiger partial charge < -0.3 is 14.2 Å². The first-order valence-electron chi connectivity index (χ1n) is 7.88. The molecule has 0 spiro atoms. The van der Waals surface area contributed by atoms with E-state index in [1.54, 1.807) is 17.5 Å². The summed E-state index contributed by atoms with van der Waals surface area (Å²) in [4.78, 5) is 11.1. The van der Waals surface area contributed by atoms with Crippen molar-refractivity contribution in [2.45, 2.75) is 26.1 Å². The van der Waals surface area contributed by atoms with Crippen LogP contribution in [0.1, 0.15) is 24.4 Å². The molecule has 24 heavy (non-hydrogen) atoms. The number of hydrogen-bond acceptors (Lipinski definition) is 7. The number of aromatic nitrogens is 3. The zero-order valence-electron chi connectivity index (χ0n) is 13.5. The summed E-state index contributed by atoms with van der Waals surface area (Å²) in [6, 6.07) is 6.00.